The van der Waals surface area contributed by atoms with Crippen LogP contribution in [0.5, 0.6) is 0 Å². The molecule has 1 aromatic rings. The van der Waals surface area contributed by atoms with Gasteiger partial charge in [0.25, 0.3) is 5.69 Å². The molecule has 0 aliphatic rings. The second-order valence-corrected chi connectivity index (χ2v) is 5.59. The molecule has 0 amide bonds. The van der Waals surface area contributed by atoms with Crippen LogP contribution < -0.4 is 5.32 Å². The zero-order chi connectivity index (χ0) is 15.2. The molecule has 0 atom stereocenters. The zero-order valence-electron chi connectivity index (χ0n) is 12.1. The molecule has 0 fully saturated rings. The molecule has 0 radical (unpaired) electrons. The van der Waals surface area contributed by atoms with Crippen molar-refractivity contribution in [3.8, 4) is 0 Å². The van der Waals surface area contributed by atoms with Crippen LogP contribution in [0.2, 0.25) is 0 Å². The maximum absolute atomic E-state index is 13.3. The molecule has 6 heteroatoms. The second kappa shape index (κ2) is 7.31. The summed E-state index contributed by atoms with van der Waals surface area (Å²) in [5.74, 6) is -0.588. The molecular formula is C14H21FN2O3. The molecule has 0 aliphatic carbocycles. The summed E-state index contributed by atoms with van der Waals surface area (Å²) < 4.78 is 18.3. The van der Waals surface area contributed by atoms with Gasteiger partial charge in [0.05, 0.1) is 11.0 Å². The first-order valence-corrected chi connectivity index (χ1v) is 6.47. The smallest absolute Gasteiger partial charge is 0.272 e. The van der Waals surface area contributed by atoms with Crippen LogP contribution in [0.3, 0.4) is 0 Å². The maximum atomic E-state index is 13.3. The van der Waals surface area contributed by atoms with Crippen LogP contribution in [-0.4, -0.2) is 25.2 Å². The molecule has 112 valence electrons. The number of hydrogen-bond acceptors (Lipinski definition) is 4. The summed E-state index contributed by atoms with van der Waals surface area (Å²) in [7, 11) is 1.66. The van der Waals surface area contributed by atoms with Crippen LogP contribution in [0.4, 0.5) is 10.1 Å². The highest BCUT2D eigenvalue weighted by molar-refractivity contribution is 5.35. The lowest BCUT2D eigenvalue weighted by Gasteiger charge is -2.24. The van der Waals surface area contributed by atoms with Crippen molar-refractivity contribution in [1.82, 2.24) is 5.32 Å². The molecule has 0 aromatic heterocycles. The van der Waals surface area contributed by atoms with Crippen molar-refractivity contribution in [2.24, 2.45) is 5.41 Å². The SMILES string of the molecule is COCCC(C)(C)CNCc1cc(F)cc([N+](=O)[O-])c1. The van der Waals surface area contributed by atoms with E-state index in [1.165, 1.54) is 12.1 Å². The topological polar surface area (TPSA) is 64.4 Å². The Morgan fingerprint density at radius 2 is 2.10 bits per heavy atom. The Kier molecular flexibility index (Phi) is 6.04. The van der Waals surface area contributed by atoms with Gasteiger partial charge in [-0.3, -0.25) is 10.1 Å². The summed E-state index contributed by atoms with van der Waals surface area (Å²) >= 11 is 0. The minimum absolute atomic E-state index is 0.0509. The Balaban J connectivity index is 2.55. The standard InChI is InChI=1S/C14H21FN2O3/c1-14(2,4-5-20-3)10-16-9-11-6-12(15)8-13(7-11)17(18)19/h6-8,16H,4-5,9-10H2,1-3H3. The van der Waals surface area contributed by atoms with E-state index in [-0.39, 0.29) is 11.1 Å². The molecular weight excluding hydrogens is 263 g/mol. The van der Waals surface area contributed by atoms with Crippen molar-refractivity contribution >= 4 is 5.69 Å². The average molecular weight is 284 g/mol. The van der Waals surface area contributed by atoms with Crippen LogP contribution in [0.1, 0.15) is 25.8 Å². The number of nitrogens with one attached hydrogen (secondary N) is 1. The molecule has 0 saturated heterocycles. The van der Waals surface area contributed by atoms with Crippen LogP contribution in [0.25, 0.3) is 0 Å². The van der Waals surface area contributed by atoms with Gasteiger partial charge in [-0.2, -0.15) is 0 Å². The van der Waals surface area contributed by atoms with Gasteiger partial charge >= 0.3 is 0 Å². The number of methoxy groups -OCH3 is 1. The molecule has 5 nitrogen and oxygen atoms in total. The molecule has 0 spiro atoms. The molecule has 1 rings (SSSR count). The largest absolute Gasteiger partial charge is 0.385 e. The van der Waals surface area contributed by atoms with E-state index in [1.807, 2.05) is 0 Å². The van der Waals surface area contributed by atoms with Gasteiger partial charge in [0.15, 0.2) is 0 Å². The van der Waals surface area contributed by atoms with Crippen LogP contribution >= 0.6 is 0 Å². The van der Waals surface area contributed by atoms with Gasteiger partial charge in [-0.15, -0.1) is 0 Å². The van der Waals surface area contributed by atoms with Gasteiger partial charge in [0.2, 0.25) is 0 Å². The number of hydrogen-bond donors (Lipinski definition) is 1. The second-order valence-electron chi connectivity index (χ2n) is 5.59. The first kappa shape index (κ1) is 16.5. The van der Waals surface area contributed by atoms with Gasteiger partial charge in [-0.05, 0) is 23.5 Å². The highest BCUT2D eigenvalue weighted by atomic mass is 19.1. The summed E-state index contributed by atoms with van der Waals surface area (Å²) in [6.45, 7) is 6.01. The van der Waals surface area contributed by atoms with E-state index < -0.39 is 10.7 Å². The quantitative estimate of drug-likeness (QED) is 0.589. The monoisotopic (exact) mass is 284 g/mol. The lowest BCUT2D eigenvalue weighted by Crippen LogP contribution is -2.30. The van der Waals surface area contributed by atoms with E-state index in [1.54, 1.807) is 7.11 Å². The van der Waals surface area contributed by atoms with E-state index in [2.05, 4.69) is 19.2 Å². The van der Waals surface area contributed by atoms with Gasteiger partial charge < -0.3 is 10.1 Å². The Bertz CT molecular complexity index is 464. The molecule has 0 aliphatic heterocycles. The van der Waals surface area contributed by atoms with E-state index in [4.69, 9.17) is 4.74 Å². The number of benzene rings is 1. The van der Waals surface area contributed by atoms with Gasteiger partial charge in [-0.1, -0.05) is 13.8 Å². The minimum Gasteiger partial charge on any atom is -0.385 e. The number of nitrogens with zero attached hydrogens (tertiary/aromatic N) is 1. The summed E-state index contributed by atoms with van der Waals surface area (Å²) in [6, 6.07) is 3.62. The third-order valence-corrected chi connectivity index (χ3v) is 3.07. The molecule has 0 heterocycles. The summed E-state index contributed by atoms with van der Waals surface area (Å²) in [5.41, 5.74) is 0.398. The number of non-ortho nitro benzene ring substituents is 1. The number of halogens is 1. The number of rotatable bonds is 8. The van der Waals surface area contributed by atoms with Crippen molar-refractivity contribution in [2.45, 2.75) is 26.8 Å². The normalized spacial score (nSPS) is 11.6. The molecule has 1 aromatic carbocycles. The van der Waals surface area contributed by atoms with E-state index >= 15 is 0 Å². The maximum Gasteiger partial charge on any atom is 0.272 e. The molecule has 20 heavy (non-hydrogen) atoms. The fourth-order valence-electron chi connectivity index (χ4n) is 1.85. The van der Waals surface area contributed by atoms with Crippen molar-refractivity contribution < 1.29 is 14.1 Å². The van der Waals surface area contributed by atoms with E-state index in [0.717, 1.165) is 19.0 Å². The van der Waals surface area contributed by atoms with Crippen LogP contribution in [0, 0.1) is 21.3 Å². The Morgan fingerprint density at radius 3 is 2.70 bits per heavy atom. The van der Waals surface area contributed by atoms with E-state index in [0.29, 0.717) is 18.7 Å². The Morgan fingerprint density at radius 1 is 1.40 bits per heavy atom. The highest BCUT2D eigenvalue weighted by Crippen LogP contribution is 2.20. The number of nitro groups is 1. The van der Waals surface area contributed by atoms with E-state index in [9.17, 15) is 14.5 Å². The van der Waals surface area contributed by atoms with Gasteiger partial charge in [-0.25, -0.2) is 4.39 Å². The van der Waals surface area contributed by atoms with Crippen LogP contribution in [-0.2, 0) is 11.3 Å². The third-order valence-electron chi connectivity index (χ3n) is 3.07. The fraction of sp³-hybridized carbons (Fsp3) is 0.571. The van der Waals surface area contributed by atoms with Crippen molar-refractivity contribution in [3.63, 3.8) is 0 Å². The minimum atomic E-state index is -0.588. The molecule has 0 saturated carbocycles. The lowest BCUT2D eigenvalue weighted by molar-refractivity contribution is -0.385. The van der Waals surface area contributed by atoms with Crippen molar-refractivity contribution in [1.29, 1.82) is 0 Å². The van der Waals surface area contributed by atoms with Gasteiger partial charge in [0, 0.05) is 32.9 Å². The predicted molar refractivity (Wildman–Crippen MR) is 75.0 cm³/mol. The van der Waals surface area contributed by atoms with Crippen molar-refractivity contribution in [3.05, 3.63) is 39.7 Å². The number of ether oxygens (including phenoxy) is 1. The Labute approximate surface area is 118 Å². The van der Waals surface area contributed by atoms with Crippen molar-refractivity contribution in [2.75, 3.05) is 20.3 Å². The zero-order valence-corrected chi connectivity index (χ0v) is 12.1. The summed E-state index contributed by atoms with van der Waals surface area (Å²) in [5, 5.41) is 13.9. The first-order valence-electron chi connectivity index (χ1n) is 6.47. The third kappa shape index (κ3) is 5.63. The van der Waals surface area contributed by atoms with Gasteiger partial charge in [0.1, 0.15) is 5.82 Å². The summed E-state index contributed by atoms with van der Waals surface area (Å²) in [4.78, 5) is 10.1. The Hall–Kier alpha value is -1.53. The fourth-order valence-corrected chi connectivity index (χ4v) is 1.85. The number of nitro benzene ring substituents is 1. The lowest BCUT2D eigenvalue weighted by atomic mass is 9.89. The first-order chi connectivity index (χ1) is 9.34. The summed E-state index contributed by atoms with van der Waals surface area (Å²) in [6.07, 6.45) is 0.903. The molecule has 0 bridgehead atoms. The highest BCUT2D eigenvalue weighted by Gasteiger charge is 2.17. The molecule has 0 unspecified atom stereocenters. The van der Waals surface area contributed by atoms with Crippen LogP contribution in [0.15, 0.2) is 18.2 Å². The average Bonchev–Trinajstić information content (AvgIpc) is 2.35. The molecule has 1 N–H and O–H groups in total. The predicted octanol–water partition coefficient (Wildman–Crippen LogP) is 2.89.